The van der Waals surface area contributed by atoms with E-state index in [1.165, 1.54) is 10.5 Å². The maximum absolute atomic E-state index is 12.8. The number of likely N-dealkylation sites (N-methyl/N-ethyl adjacent to an activating group) is 1. The molecular weight excluding hydrogens is 390 g/mol. The first-order chi connectivity index (χ1) is 14.0. The summed E-state index contributed by atoms with van der Waals surface area (Å²) in [5.41, 5.74) is 0. The van der Waals surface area contributed by atoms with Gasteiger partial charge in [0.25, 0.3) is 0 Å². The van der Waals surface area contributed by atoms with Crippen molar-refractivity contribution >= 4 is 20.8 Å². The van der Waals surface area contributed by atoms with E-state index in [-0.39, 0.29) is 4.90 Å². The molecule has 4 rings (SSSR count). The third-order valence-corrected chi connectivity index (χ3v) is 6.93. The number of hydrogen-bond acceptors (Lipinski definition) is 6. The van der Waals surface area contributed by atoms with E-state index in [2.05, 4.69) is 9.88 Å². The van der Waals surface area contributed by atoms with E-state index in [0.717, 1.165) is 29.6 Å². The van der Waals surface area contributed by atoms with Crippen LogP contribution in [0.25, 0.3) is 10.8 Å². The number of nitrogens with zero attached hydrogens (tertiary/aromatic N) is 3. The van der Waals surface area contributed by atoms with Crippen molar-refractivity contribution < 1.29 is 17.9 Å². The summed E-state index contributed by atoms with van der Waals surface area (Å²) >= 11 is 0. The molecule has 0 radical (unpaired) electrons. The molecule has 0 aliphatic carbocycles. The molecule has 2 aromatic carbocycles. The van der Waals surface area contributed by atoms with Crippen LogP contribution in [0, 0.1) is 0 Å². The quantitative estimate of drug-likeness (QED) is 0.640. The van der Waals surface area contributed by atoms with E-state index < -0.39 is 10.0 Å². The molecule has 1 aliphatic rings. The summed E-state index contributed by atoms with van der Waals surface area (Å²) in [5.74, 6) is 1.73. The predicted molar refractivity (Wildman–Crippen MR) is 111 cm³/mol. The van der Waals surface area contributed by atoms with Crippen LogP contribution >= 0.6 is 0 Å². The first-order valence-electron chi connectivity index (χ1n) is 9.36. The highest BCUT2D eigenvalue weighted by atomic mass is 32.2. The number of sulfonamides is 1. The fourth-order valence-corrected chi connectivity index (χ4v) is 4.64. The Labute approximate surface area is 170 Å². The highest BCUT2D eigenvalue weighted by Gasteiger charge is 2.27. The average molecular weight is 413 g/mol. The highest BCUT2D eigenvalue weighted by molar-refractivity contribution is 7.89. The first kappa shape index (κ1) is 19.6. The van der Waals surface area contributed by atoms with Crippen molar-refractivity contribution in [1.29, 1.82) is 0 Å². The first-order valence-corrected chi connectivity index (χ1v) is 10.8. The Morgan fingerprint density at radius 3 is 2.24 bits per heavy atom. The van der Waals surface area contributed by atoms with Gasteiger partial charge in [-0.2, -0.15) is 4.31 Å². The molecule has 1 aromatic heterocycles. The van der Waals surface area contributed by atoms with Gasteiger partial charge in [0.05, 0.1) is 13.3 Å². The number of ether oxygens (including phenoxy) is 2. The standard InChI is InChI=1S/C21H23N3O4S/c1-23-9-11-24(12-10-23)29(25,26)20-7-8-21(22-15-20)28-19-6-4-16-3-5-18(27-2)13-17(16)14-19/h3-8,13-15H,9-12H2,1-2H3. The van der Waals surface area contributed by atoms with Gasteiger partial charge in [-0.1, -0.05) is 12.1 Å². The lowest BCUT2D eigenvalue weighted by molar-refractivity contribution is 0.222. The second-order valence-corrected chi connectivity index (χ2v) is 8.95. The van der Waals surface area contributed by atoms with Crippen LogP contribution in [0.3, 0.4) is 0 Å². The van der Waals surface area contributed by atoms with E-state index in [1.807, 2.05) is 43.4 Å². The van der Waals surface area contributed by atoms with Crippen LogP contribution in [0.4, 0.5) is 0 Å². The minimum Gasteiger partial charge on any atom is -0.497 e. The van der Waals surface area contributed by atoms with Crippen LogP contribution in [0.2, 0.25) is 0 Å². The number of rotatable bonds is 5. The second-order valence-electron chi connectivity index (χ2n) is 7.02. The molecule has 0 unspecified atom stereocenters. The summed E-state index contributed by atoms with van der Waals surface area (Å²) in [5, 5.41) is 2.05. The number of methoxy groups -OCH3 is 1. The topological polar surface area (TPSA) is 72.0 Å². The minimum absolute atomic E-state index is 0.178. The van der Waals surface area contributed by atoms with E-state index in [9.17, 15) is 8.42 Å². The number of benzene rings is 2. The van der Waals surface area contributed by atoms with E-state index in [1.54, 1.807) is 19.2 Å². The molecule has 0 saturated carbocycles. The fourth-order valence-electron chi connectivity index (χ4n) is 3.27. The smallest absolute Gasteiger partial charge is 0.244 e. The van der Waals surface area contributed by atoms with Crippen LogP contribution in [-0.2, 0) is 10.0 Å². The van der Waals surface area contributed by atoms with Gasteiger partial charge in [0, 0.05) is 32.2 Å². The molecule has 7 nitrogen and oxygen atoms in total. The monoisotopic (exact) mass is 413 g/mol. The molecule has 0 bridgehead atoms. The van der Waals surface area contributed by atoms with Gasteiger partial charge in [0.15, 0.2) is 0 Å². The molecule has 1 aliphatic heterocycles. The number of hydrogen-bond donors (Lipinski definition) is 0. The maximum Gasteiger partial charge on any atom is 0.244 e. The molecule has 0 amide bonds. The lowest BCUT2D eigenvalue weighted by Crippen LogP contribution is -2.47. The van der Waals surface area contributed by atoms with Gasteiger partial charge in [0.2, 0.25) is 15.9 Å². The fraction of sp³-hybridized carbons (Fsp3) is 0.286. The third-order valence-electron chi connectivity index (χ3n) is 5.05. The molecule has 1 saturated heterocycles. The highest BCUT2D eigenvalue weighted by Crippen LogP contribution is 2.28. The van der Waals surface area contributed by atoms with E-state index in [4.69, 9.17) is 9.47 Å². The molecule has 2 heterocycles. The van der Waals surface area contributed by atoms with Gasteiger partial charge in [-0.15, -0.1) is 0 Å². The lowest BCUT2D eigenvalue weighted by atomic mass is 10.1. The molecule has 8 heteroatoms. The van der Waals surface area contributed by atoms with Gasteiger partial charge in [0.1, 0.15) is 16.4 Å². The van der Waals surface area contributed by atoms with E-state index in [0.29, 0.717) is 24.7 Å². The molecule has 152 valence electrons. The second kappa shape index (κ2) is 7.98. The molecule has 0 N–H and O–H groups in total. The summed E-state index contributed by atoms with van der Waals surface area (Å²) in [7, 11) is 0.0779. The Hall–Kier alpha value is -2.68. The zero-order valence-corrected chi connectivity index (χ0v) is 17.2. The van der Waals surface area contributed by atoms with Gasteiger partial charge in [-0.25, -0.2) is 13.4 Å². The Bertz CT molecular complexity index is 1110. The summed E-state index contributed by atoms with van der Waals surface area (Å²) < 4.78 is 38.2. The SMILES string of the molecule is COc1ccc2ccc(Oc3ccc(S(=O)(=O)N4CCN(C)CC4)cn3)cc2c1. The molecule has 0 atom stereocenters. The van der Waals surface area contributed by atoms with Crippen molar-refractivity contribution in [2.45, 2.75) is 4.90 Å². The van der Waals surface area contributed by atoms with Crippen molar-refractivity contribution in [2.75, 3.05) is 40.3 Å². The van der Waals surface area contributed by atoms with Crippen molar-refractivity contribution in [3.05, 3.63) is 54.7 Å². The summed E-state index contributed by atoms with van der Waals surface area (Å²) in [4.78, 5) is 6.49. The van der Waals surface area contributed by atoms with Crippen LogP contribution in [0.1, 0.15) is 0 Å². The van der Waals surface area contributed by atoms with E-state index >= 15 is 0 Å². The minimum atomic E-state index is -3.54. The zero-order valence-electron chi connectivity index (χ0n) is 16.4. The van der Waals surface area contributed by atoms with Gasteiger partial charge in [-0.05, 0) is 48.2 Å². The molecule has 0 spiro atoms. The molecule has 29 heavy (non-hydrogen) atoms. The average Bonchev–Trinajstić information content (AvgIpc) is 2.74. The summed E-state index contributed by atoms with van der Waals surface area (Å²) in [6.45, 7) is 2.41. The number of piperazine rings is 1. The largest absolute Gasteiger partial charge is 0.497 e. The zero-order chi connectivity index (χ0) is 20.4. The van der Waals surface area contributed by atoms with Crippen molar-refractivity contribution in [3.8, 4) is 17.4 Å². The number of pyridine rings is 1. The van der Waals surface area contributed by atoms with Crippen molar-refractivity contribution in [3.63, 3.8) is 0 Å². The van der Waals surface area contributed by atoms with Crippen LogP contribution < -0.4 is 9.47 Å². The Balaban J connectivity index is 1.51. The van der Waals surface area contributed by atoms with Crippen molar-refractivity contribution in [1.82, 2.24) is 14.2 Å². The van der Waals surface area contributed by atoms with Gasteiger partial charge in [-0.3, -0.25) is 0 Å². The molecular formula is C21H23N3O4S. The molecule has 1 fully saturated rings. The number of aromatic nitrogens is 1. The summed E-state index contributed by atoms with van der Waals surface area (Å²) in [6.07, 6.45) is 1.35. The summed E-state index contributed by atoms with van der Waals surface area (Å²) in [6, 6.07) is 14.6. The Morgan fingerprint density at radius 2 is 1.59 bits per heavy atom. The van der Waals surface area contributed by atoms with Crippen LogP contribution in [-0.4, -0.2) is 62.9 Å². The van der Waals surface area contributed by atoms with Gasteiger partial charge >= 0.3 is 0 Å². The number of fused-ring (bicyclic) bond motifs is 1. The van der Waals surface area contributed by atoms with Crippen LogP contribution in [0.5, 0.6) is 17.4 Å². The van der Waals surface area contributed by atoms with Crippen molar-refractivity contribution in [2.24, 2.45) is 0 Å². The Morgan fingerprint density at radius 1 is 0.897 bits per heavy atom. The molecule has 3 aromatic rings. The normalized spacial score (nSPS) is 16.1. The van der Waals surface area contributed by atoms with Crippen LogP contribution in [0.15, 0.2) is 59.6 Å². The maximum atomic E-state index is 12.8. The third kappa shape index (κ3) is 4.19. The lowest BCUT2D eigenvalue weighted by Gasteiger charge is -2.31. The van der Waals surface area contributed by atoms with Gasteiger partial charge < -0.3 is 14.4 Å². The Kier molecular flexibility index (Phi) is 5.40. The predicted octanol–water partition coefficient (Wildman–Crippen LogP) is 2.97.